The first-order valence-electron chi connectivity index (χ1n) is 2.35. The highest BCUT2D eigenvalue weighted by atomic mass is 79.9. The molecule has 0 radical (unpaired) electrons. The predicted molar refractivity (Wildman–Crippen MR) is 33.6 cm³/mol. The second kappa shape index (κ2) is 2.76. The normalized spacial score (nSPS) is 12.8. The van der Waals surface area contributed by atoms with E-state index < -0.39 is 11.8 Å². The molecule has 3 heteroatoms. The standard InChI is InChI=1S/C5H9BrF2/c1-5(2,3-6)4(7)8/h4H,3H2,1-2H3. The highest BCUT2D eigenvalue weighted by Crippen LogP contribution is 2.26. The highest BCUT2D eigenvalue weighted by Gasteiger charge is 2.27. The maximum absolute atomic E-state index is 11.8. The summed E-state index contributed by atoms with van der Waals surface area (Å²) in [5.74, 6) is 0. The minimum atomic E-state index is -2.23. The van der Waals surface area contributed by atoms with E-state index in [1.807, 2.05) is 0 Å². The van der Waals surface area contributed by atoms with Crippen LogP contribution in [0.3, 0.4) is 0 Å². The molecular formula is C5H9BrF2. The summed E-state index contributed by atoms with van der Waals surface area (Å²) >= 11 is 2.99. The summed E-state index contributed by atoms with van der Waals surface area (Å²) in [4.78, 5) is 0. The molecule has 0 saturated carbocycles. The third-order valence-electron chi connectivity index (χ3n) is 0.935. The summed E-state index contributed by atoms with van der Waals surface area (Å²) < 4.78 is 23.6. The van der Waals surface area contributed by atoms with Gasteiger partial charge in [-0.1, -0.05) is 29.8 Å². The van der Waals surface area contributed by atoms with Crippen LogP contribution < -0.4 is 0 Å². The molecule has 0 spiro atoms. The van der Waals surface area contributed by atoms with Crippen LogP contribution in [0.5, 0.6) is 0 Å². The van der Waals surface area contributed by atoms with E-state index in [1.165, 1.54) is 13.8 Å². The molecule has 0 aromatic heterocycles. The first kappa shape index (κ1) is 8.34. The lowest BCUT2D eigenvalue weighted by atomic mass is 9.98. The van der Waals surface area contributed by atoms with E-state index in [4.69, 9.17) is 0 Å². The van der Waals surface area contributed by atoms with Crippen molar-refractivity contribution in [1.82, 2.24) is 0 Å². The van der Waals surface area contributed by atoms with Gasteiger partial charge in [0.2, 0.25) is 6.43 Å². The third-order valence-corrected chi connectivity index (χ3v) is 2.38. The summed E-state index contributed by atoms with van der Waals surface area (Å²) in [7, 11) is 0. The van der Waals surface area contributed by atoms with Crippen molar-refractivity contribution in [2.24, 2.45) is 5.41 Å². The molecule has 0 nitrogen and oxygen atoms in total. The van der Waals surface area contributed by atoms with E-state index in [1.54, 1.807) is 0 Å². The number of halogens is 3. The zero-order valence-corrected chi connectivity index (χ0v) is 6.50. The smallest absolute Gasteiger partial charge is 0.210 e. The van der Waals surface area contributed by atoms with Gasteiger partial charge in [0, 0.05) is 10.7 Å². The van der Waals surface area contributed by atoms with E-state index >= 15 is 0 Å². The molecule has 0 fully saturated rings. The van der Waals surface area contributed by atoms with E-state index in [0.717, 1.165) is 0 Å². The topological polar surface area (TPSA) is 0 Å². The van der Waals surface area contributed by atoms with E-state index in [2.05, 4.69) is 15.9 Å². The van der Waals surface area contributed by atoms with Gasteiger partial charge < -0.3 is 0 Å². The lowest BCUT2D eigenvalue weighted by Crippen LogP contribution is -2.22. The van der Waals surface area contributed by atoms with Crippen LogP contribution in [0.25, 0.3) is 0 Å². The van der Waals surface area contributed by atoms with E-state index in [-0.39, 0.29) is 0 Å². The van der Waals surface area contributed by atoms with Gasteiger partial charge in [-0.2, -0.15) is 0 Å². The van der Waals surface area contributed by atoms with Crippen LogP contribution in [0.1, 0.15) is 13.8 Å². The fourth-order valence-electron chi connectivity index (χ4n) is 0.0583. The average molecular weight is 187 g/mol. The molecule has 0 bridgehead atoms. The molecule has 0 aliphatic heterocycles. The number of rotatable bonds is 2. The summed E-state index contributed by atoms with van der Waals surface area (Å²) in [6.07, 6.45) is -2.23. The van der Waals surface area contributed by atoms with Gasteiger partial charge in [0.1, 0.15) is 0 Å². The molecule has 0 aliphatic rings. The van der Waals surface area contributed by atoms with Crippen LogP contribution in [0.2, 0.25) is 0 Å². The molecule has 0 N–H and O–H groups in total. The maximum Gasteiger partial charge on any atom is 0.244 e. The van der Waals surface area contributed by atoms with E-state index in [9.17, 15) is 8.78 Å². The second-order valence-corrected chi connectivity index (χ2v) is 2.98. The molecule has 0 aromatic carbocycles. The largest absolute Gasteiger partial charge is 0.244 e. The zero-order valence-electron chi connectivity index (χ0n) is 4.92. The third kappa shape index (κ3) is 2.07. The van der Waals surface area contributed by atoms with Gasteiger partial charge in [0.15, 0.2) is 0 Å². The molecule has 0 saturated heterocycles. The van der Waals surface area contributed by atoms with Crippen molar-refractivity contribution in [1.29, 1.82) is 0 Å². The molecule has 0 heterocycles. The molecule has 8 heavy (non-hydrogen) atoms. The van der Waals surface area contributed by atoms with Crippen molar-refractivity contribution in [2.45, 2.75) is 20.3 Å². The Morgan fingerprint density at radius 3 is 1.88 bits per heavy atom. The van der Waals surface area contributed by atoms with Gasteiger partial charge in [-0.3, -0.25) is 0 Å². The highest BCUT2D eigenvalue weighted by molar-refractivity contribution is 9.09. The second-order valence-electron chi connectivity index (χ2n) is 2.42. The van der Waals surface area contributed by atoms with Crippen LogP contribution in [0.15, 0.2) is 0 Å². The Morgan fingerprint density at radius 2 is 1.88 bits per heavy atom. The van der Waals surface area contributed by atoms with Crippen LogP contribution in [-0.4, -0.2) is 11.8 Å². The molecule has 0 aromatic rings. The fourth-order valence-corrected chi connectivity index (χ4v) is 0.303. The Kier molecular flexibility index (Phi) is 2.88. The summed E-state index contributed by atoms with van der Waals surface area (Å²) in [6, 6.07) is 0. The van der Waals surface area contributed by atoms with Crippen molar-refractivity contribution >= 4 is 15.9 Å². The van der Waals surface area contributed by atoms with Gasteiger partial charge >= 0.3 is 0 Å². The van der Waals surface area contributed by atoms with E-state index in [0.29, 0.717) is 5.33 Å². The Hall–Kier alpha value is 0.340. The van der Waals surface area contributed by atoms with Crippen molar-refractivity contribution in [3.63, 3.8) is 0 Å². The molecule has 0 amide bonds. The van der Waals surface area contributed by atoms with Gasteiger partial charge in [0.25, 0.3) is 0 Å². The first-order valence-corrected chi connectivity index (χ1v) is 3.47. The Bertz CT molecular complexity index is 70.8. The van der Waals surface area contributed by atoms with Crippen LogP contribution in [0.4, 0.5) is 8.78 Å². The van der Waals surface area contributed by atoms with Crippen molar-refractivity contribution in [3.8, 4) is 0 Å². The predicted octanol–water partition coefficient (Wildman–Crippen LogP) is 2.67. The quantitative estimate of drug-likeness (QED) is 0.583. The van der Waals surface area contributed by atoms with Crippen LogP contribution >= 0.6 is 15.9 Å². The van der Waals surface area contributed by atoms with Gasteiger partial charge in [-0.05, 0) is 0 Å². The number of hydrogen-bond donors (Lipinski definition) is 0. The van der Waals surface area contributed by atoms with Crippen LogP contribution in [0, 0.1) is 5.41 Å². The number of hydrogen-bond acceptors (Lipinski definition) is 0. The average Bonchev–Trinajstić information content (AvgIpc) is 1.67. The molecule has 50 valence electrons. The SMILES string of the molecule is CC(C)(CBr)C(F)F. The summed E-state index contributed by atoms with van der Waals surface area (Å²) in [5.41, 5.74) is -0.875. The maximum atomic E-state index is 11.8. The molecule has 0 aliphatic carbocycles. The Balaban J connectivity index is 3.71. The molecule has 0 rings (SSSR count). The zero-order chi connectivity index (χ0) is 6.78. The summed E-state index contributed by atoms with van der Waals surface area (Å²) in [5, 5.41) is 0.345. The molecule has 0 unspecified atom stereocenters. The number of alkyl halides is 3. The Labute approximate surface area is 56.4 Å². The van der Waals surface area contributed by atoms with Gasteiger partial charge in [0.05, 0.1) is 0 Å². The van der Waals surface area contributed by atoms with Crippen LogP contribution in [-0.2, 0) is 0 Å². The molecular weight excluding hydrogens is 178 g/mol. The van der Waals surface area contributed by atoms with Crippen molar-refractivity contribution in [2.75, 3.05) is 5.33 Å². The fraction of sp³-hybridized carbons (Fsp3) is 1.00. The lowest BCUT2D eigenvalue weighted by Gasteiger charge is -2.19. The minimum absolute atomic E-state index is 0.345. The Morgan fingerprint density at radius 1 is 1.50 bits per heavy atom. The minimum Gasteiger partial charge on any atom is -0.210 e. The monoisotopic (exact) mass is 186 g/mol. The first-order chi connectivity index (χ1) is 3.50. The van der Waals surface area contributed by atoms with Crippen molar-refractivity contribution in [3.05, 3.63) is 0 Å². The lowest BCUT2D eigenvalue weighted by molar-refractivity contribution is 0.0364. The van der Waals surface area contributed by atoms with Crippen molar-refractivity contribution < 1.29 is 8.78 Å². The molecule has 0 atom stereocenters. The summed E-state index contributed by atoms with van der Waals surface area (Å²) in [6.45, 7) is 3.04. The van der Waals surface area contributed by atoms with Gasteiger partial charge in [-0.15, -0.1) is 0 Å². The van der Waals surface area contributed by atoms with Gasteiger partial charge in [-0.25, -0.2) is 8.78 Å².